The SMILES string of the molecule is COCCCNC(=O)/C(C#N)=C\Nc1ccccn1. The van der Waals surface area contributed by atoms with E-state index in [0.29, 0.717) is 25.4 Å². The molecule has 6 heteroatoms. The van der Waals surface area contributed by atoms with Crippen molar-refractivity contribution in [2.75, 3.05) is 25.6 Å². The molecule has 1 aromatic heterocycles. The average molecular weight is 260 g/mol. The summed E-state index contributed by atoms with van der Waals surface area (Å²) in [5.74, 6) is 0.157. The van der Waals surface area contributed by atoms with Crippen molar-refractivity contribution < 1.29 is 9.53 Å². The van der Waals surface area contributed by atoms with Crippen LogP contribution in [-0.2, 0) is 9.53 Å². The molecule has 0 aliphatic heterocycles. The molecule has 0 bridgehead atoms. The summed E-state index contributed by atoms with van der Waals surface area (Å²) in [5, 5.41) is 14.3. The summed E-state index contributed by atoms with van der Waals surface area (Å²) in [5.41, 5.74) is 0.00284. The van der Waals surface area contributed by atoms with Gasteiger partial charge in [0.05, 0.1) is 0 Å². The highest BCUT2D eigenvalue weighted by molar-refractivity contribution is 5.97. The van der Waals surface area contributed by atoms with E-state index < -0.39 is 5.91 Å². The molecule has 0 atom stereocenters. The predicted octanol–water partition coefficient (Wildman–Crippen LogP) is 1.05. The fraction of sp³-hybridized carbons (Fsp3) is 0.308. The Hall–Kier alpha value is -2.39. The smallest absolute Gasteiger partial charge is 0.263 e. The standard InChI is InChI=1S/C13H16N4O2/c1-19-8-4-7-16-13(18)11(9-14)10-17-12-5-2-3-6-15-12/h2-3,5-6,10H,4,7-8H2,1H3,(H,15,17)(H,16,18)/b11-10-. The monoisotopic (exact) mass is 260 g/mol. The average Bonchev–Trinajstić information content (AvgIpc) is 2.45. The number of nitriles is 1. The van der Waals surface area contributed by atoms with E-state index in [1.165, 1.54) is 6.20 Å². The largest absolute Gasteiger partial charge is 0.385 e. The van der Waals surface area contributed by atoms with Gasteiger partial charge >= 0.3 is 0 Å². The molecule has 100 valence electrons. The second-order valence-electron chi connectivity index (χ2n) is 3.63. The molecule has 1 aromatic rings. The Kier molecular flexibility index (Phi) is 6.69. The van der Waals surface area contributed by atoms with E-state index in [0.717, 1.165) is 0 Å². The first-order valence-corrected chi connectivity index (χ1v) is 5.83. The number of hydrogen-bond donors (Lipinski definition) is 2. The summed E-state index contributed by atoms with van der Waals surface area (Å²) >= 11 is 0. The molecule has 1 rings (SSSR count). The topological polar surface area (TPSA) is 87.0 Å². The zero-order valence-corrected chi connectivity index (χ0v) is 10.7. The third kappa shape index (κ3) is 5.66. The number of carbonyl (C=O) groups is 1. The fourth-order valence-electron chi connectivity index (χ4n) is 1.26. The minimum atomic E-state index is -0.415. The van der Waals surface area contributed by atoms with Crippen LogP contribution in [0, 0.1) is 11.3 Å². The molecule has 0 saturated carbocycles. The predicted molar refractivity (Wildman–Crippen MR) is 71.1 cm³/mol. The summed E-state index contributed by atoms with van der Waals surface area (Å²) < 4.78 is 4.86. The number of nitrogens with one attached hydrogen (secondary N) is 2. The van der Waals surface area contributed by atoms with Crippen LogP contribution in [-0.4, -0.2) is 31.2 Å². The van der Waals surface area contributed by atoms with Gasteiger partial charge in [0.2, 0.25) is 0 Å². The number of aromatic nitrogens is 1. The highest BCUT2D eigenvalue weighted by atomic mass is 16.5. The molecule has 0 fully saturated rings. The summed E-state index contributed by atoms with van der Waals surface area (Å²) in [6, 6.07) is 7.16. The van der Waals surface area contributed by atoms with Gasteiger partial charge in [-0.05, 0) is 18.6 Å². The minimum Gasteiger partial charge on any atom is -0.385 e. The molecule has 2 N–H and O–H groups in total. The van der Waals surface area contributed by atoms with Gasteiger partial charge in [-0.1, -0.05) is 6.07 Å². The molecular weight excluding hydrogens is 244 g/mol. The molecule has 0 radical (unpaired) electrons. The summed E-state index contributed by atoms with van der Waals surface area (Å²) in [4.78, 5) is 15.7. The van der Waals surface area contributed by atoms with Gasteiger partial charge in [0.1, 0.15) is 17.5 Å². The first kappa shape index (κ1) is 14.7. The third-order valence-electron chi connectivity index (χ3n) is 2.21. The minimum absolute atomic E-state index is 0.00284. The lowest BCUT2D eigenvalue weighted by Gasteiger charge is -2.04. The third-order valence-corrected chi connectivity index (χ3v) is 2.21. The van der Waals surface area contributed by atoms with Crippen LogP contribution in [0.1, 0.15) is 6.42 Å². The van der Waals surface area contributed by atoms with Crippen molar-refractivity contribution in [2.45, 2.75) is 6.42 Å². The lowest BCUT2D eigenvalue weighted by Crippen LogP contribution is -2.26. The lowest BCUT2D eigenvalue weighted by molar-refractivity contribution is -0.117. The van der Waals surface area contributed by atoms with E-state index in [9.17, 15) is 4.79 Å². The van der Waals surface area contributed by atoms with Crippen molar-refractivity contribution in [3.05, 3.63) is 36.2 Å². The van der Waals surface area contributed by atoms with Crippen LogP contribution in [0.3, 0.4) is 0 Å². The summed E-state index contributed by atoms with van der Waals surface area (Å²) in [6.45, 7) is 1.04. The van der Waals surface area contributed by atoms with Crippen LogP contribution in [0.5, 0.6) is 0 Å². The van der Waals surface area contributed by atoms with Gasteiger partial charge in [-0.2, -0.15) is 5.26 Å². The van der Waals surface area contributed by atoms with Gasteiger partial charge in [-0.25, -0.2) is 4.98 Å². The highest BCUT2D eigenvalue weighted by Gasteiger charge is 2.07. The van der Waals surface area contributed by atoms with E-state index in [4.69, 9.17) is 10.00 Å². The van der Waals surface area contributed by atoms with Crippen LogP contribution in [0.25, 0.3) is 0 Å². The van der Waals surface area contributed by atoms with E-state index >= 15 is 0 Å². The van der Waals surface area contributed by atoms with Crippen LogP contribution in [0.2, 0.25) is 0 Å². The molecule has 1 heterocycles. The van der Waals surface area contributed by atoms with Gasteiger partial charge in [0, 0.05) is 32.7 Å². The Morgan fingerprint density at radius 3 is 3.05 bits per heavy atom. The van der Waals surface area contributed by atoms with Crippen molar-refractivity contribution in [1.29, 1.82) is 5.26 Å². The number of methoxy groups -OCH3 is 1. The normalized spacial score (nSPS) is 10.6. The molecule has 0 spiro atoms. The fourth-order valence-corrected chi connectivity index (χ4v) is 1.26. The molecule has 6 nitrogen and oxygen atoms in total. The number of amides is 1. The quantitative estimate of drug-likeness (QED) is 0.435. The number of nitrogens with zero attached hydrogens (tertiary/aromatic N) is 2. The number of ether oxygens (including phenoxy) is 1. The van der Waals surface area contributed by atoms with Crippen molar-refractivity contribution in [1.82, 2.24) is 10.3 Å². The maximum atomic E-state index is 11.7. The molecule has 0 aliphatic carbocycles. The van der Waals surface area contributed by atoms with Crippen molar-refractivity contribution in [2.24, 2.45) is 0 Å². The zero-order chi connectivity index (χ0) is 13.9. The second-order valence-corrected chi connectivity index (χ2v) is 3.63. The van der Waals surface area contributed by atoms with E-state index in [2.05, 4.69) is 15.6 Å². The number of anilines is 1. The number of pyridine rings is 1. The van der Waals surface area contributed by atoms with Crippen LogP contribution in [0.15, 0.2) is 36.2 Å². The van der Waals surface area contributed by atoms with Gasteiger partial charge in [-0.3, -0.25) is 4.79 Å². The van der Waals surface area contributed by atoms with Crippen LogP contribution in [0.4, 0.5) is 5.82 Å². The molecule has 1 amide bonds. The summed E-state index contributed by atoms with van der Waals surface area (Å²) in [7, 11) is 1.60. The van der Waals surface area contributed by atoms with Gasteiger partial charge in [0.25, 0.3) is 5.91 Å². The molecule has 0 unspecified atom stereocenters. The Balaban J connectivity index is 2.48. The van der Waals surface area contributed by atoms with E-state index in [1.807, 2.05) is 6.07 Å². The summed E-state index contributed by atoms with van der Waals surface area (Å²) in [6.07, 6.45) is 3.66. The maximum absolute atomic E-state index is 11.7. The Morgan fingerprint density at radius 2 is 2.42 bits per heavy atom. The van der Waals surface area contributed by atoms with Crippen LogP contribution >= 0.6 is 0 Å². The zero-order valence-electron chi connectivity index (χ0n) is 10.7. The van der Waals surface area contributed by atoms with Crippen LogP contribution < -0.4 is 10.6 Å². The molecule has 19 heavy (non-hydrogen) atoms. The molecule has 0 aliphatic rings. The van der Waals surface area contributed by atoms with Gasteiger partial charge in [-0.15, -0.1) is 0 Å². The van der Waals surface area contributed by atoms with E-state index in [1.54, 1.807) is 31.5 Å². The number of rotatable bonds is 7. The van der Waals surface area contributed by atoms with Crippen molar-refractivity contribution in [3.8, 4) is 6.07 Å². The first-order chi connectivity index (χ1) is 9.27. The van der Waals surface area contributed by atoms with Crippen molar-refractivity contribution >= 4 is 11.7 Å². The molecule has 0 aromatic carbocycles. The Labute approximate surface area is 112 Å². The number of hydrogen-bond acceptors (Lipinski definition) is 5. The van der Waals surface area contributed by atoms with Crippen molar-refractivity contribution in [3.63, 3.8) is 0 Å². The van der Waals surface area contributed by atoms with E-state index in [-0.39, 0.29) is 5.57 Å². The first-order valence-electron chi connectivity index (χ1n) is 5.83. The Morgan fingerprint density at radius 1 is 1.58 bits per heavy atom. The highest BCUT2D eigenvalue weighted by Crippen LogP contribution is 2.01. The molecule has 0 saturated heterocycles. The maximum Gasteiger partial charge on any atom is 0.263 e. The second kappa shape index (κ2) is 8.66. The lowest BCUT2D eigenvalue weighted by atomic mass is 10.3. The number of carbonyl (C=O) groups excluding carboxylic acids is 1. The van der Waals surface area contributed by atoms with Gasteiger partial charge in [0.15, 0.2) is 0 Å². The molecular formula is C13H16N4O2. The Bertz CT molecular complexity index is 465. The van der Waals surface area contributed by atoms with Gasteiger partial charge < -0.3 is 15.4 Å².